The summed E-state index contributed by atoms with van der Waals surface area (Å²) in [5.41, 5.74) is 4.69. The number of benzene rings is 2. The maximum Gasteiger partial charge on any atom is 0.258 e. The number of pyridine rings is 1. The number of rotatable bonds is 6. The predicted octanol–water partition coefficient (Wildman–Crippen LogP) is 4.59. The highest BCUT2D eigenvalue weighted by molar-refractivity contribution is 6.01. The second-order valence-electron chi connectivity index (χ2n) is 7.72. The number of nitrogens with zero attached hydrogens (tertiary/aromatic N) is 4. The molecule has 0 atom stereocenters. The number of carbonyl (C=O) groups excluding carboxylic acids is 1. The van der Waals surface area contributed by atoms with Crippen LogP contribution in [0.15, 0.2) is 78.4 Å². The quantitative estimate of drug-likeness (QED) is 0.445. The van der Waals surface area contributed by atoms with Crippen LogP contribution in [-0.4, -0.2) is 27.0 Å². The van der Waals surface area contributed by atoms with Gasteiger partial charge in [0.05, 0.1) is 11.1 Å². The smallest absolute Gasteiger partial charge is 0.258 e. The molecule has 2 aromatic heterocycles. The first-order chi connectivity index (χ1) is 15.9. The summed E-state index contributed by atoms with van der Waals surface area (Å²) in [6, 6.07) is 15.2. The number of nitrogens with one attached hydrogen (secondary N) is 1. The third-order valence-electron chi connectivity index (χ3n) is 5.52. The molecule has 0 spiro atoms. The molecule has 0 aliphatic carbocycles. The van der Waals surface area contributed by atoms with Crippen molar-refractivity contribution < 1.29 is 4.79 Å². The SMILES string of the molecule is C=CC(=O)N(CC)c1cccc(Nc2ncc3cc(-c4c(C)ccn(C)c4=O)ccc3n2)c1. The molecule has 7 heteroatoms. The number of hydrogen-bond acceptors (Lipinski definition) is 5. The number of anilines is 3. The monoisotopic (exact) mass is 439 g/mol. The van der Waals surface area contributed by atoms with Gasteiger partial charge in [-0.25, -0.2) is 9.97 Å². The van der Waals surface area contributed by atoms with E-state index in [9.17, 15) is 9.59 Å². The largest absolute Gasteiger partial charge is 0.324 e. The number of amides is 1. The number of aryl methyl sites for hydroxylation is 2. The molecular weight excluding hydrogens is 414 g/mol. The van der Waals surface area contributed by atoms with Crippen molar-refractivity contribution >= 4 is 34.1 Å². The molecule has 0 saturated carbocycles. The number of aromatic nitrogens is 3. The van der Waals surface area contributed by atoms with Gasteiger partial charge in [-0.2, -0.15) is 0 Å². The summed E-state index contributed by atoms with van der Waals surface area (Å²) < 4.78 is 1.58. The topological polar surface area (TPSA) is 80.1 Å². The van der Waals surface area contributed by atoms with Crippen molar-refractivity contribution in [2.45, 2.75) is 13.8 Å². The van der Waals surface area contributed by atoms with Crippen molar-refractivity contribution in [2.24, 2.45) is 7.05 Å². The van der Waals surface area contributed by atoms with Crippen molar-refractivity contribution in [2.75, 3.05) is 16.8 Å². The number of fused-ring (bicyclic) bond motifs is 1. The zero-order valence-electron chi connectivity index (χ0n) is 18.9. The van der Waals surface area contributed by atoms with Crippen molar-refractivity contribution in [1.82, 2.24) is 14.5 Å². The normalized spacial score (nSPS) is 10.8. The van der Waals surface area contributed by atoms with Crippen molar-refractivity contribution in [3.05, 3.63) is 89.5 Å². The van der Waals surface area contributed by atoms with Crippen LogP contribution in [0.1, 0.15) is 12.5 Å². The summed E-state index contributed by atoms with van der Waals surface area (Å²) in [7, 11) is 1.75. The van der Waals surface area contributed by atoms with E-state index in [1.54, 1.807) is 28.9 Å². The predicted molar refractivity (Wildman–Crippen MR) is 133 cm³/mol. The molecule has 2 heterocycles. The fraction of sp³-hybridized carbons (Fsp3) is 0.154. The van der Waals surface area contributed by atoms with Crippen LogP contribution in [0.3, 0.4) is 0 Å². The van der Waals surface area contributed by atoms with E-state index in [0.717, 1.165) is 33.4 Å². The van der Waals surface area contributed by atoms with Crippen LogP contribution in [0.4, 0.5) is 17.3 Å². The minimum atomic E-state index is -0.157. The Kier molecular flexibility index (Phi) is 6.04. The molecule has 166 valence electrons. The highest BCUT2D eigenvalue weighted by Gasteiger charge is 2.12. The average Bonchev–Trinajstić information content (AvgIpc) is 2.82. The minimum absolute atomic E-state index is 0.0375. The molecule has 1 amide bonds. The van der Waals surface area contributed by atoms with Gasteiger partial charge in [-0.3, -0.25) is 9.59 Å². The van der Waals surface area contributed by atoms with Crippen LogP contribution >= 0.6 is 0 Å². The second kappa shape index (κ2) is 9.08. The van der Waals surface area contributed by atoms with Gasteiger partial charge in [0.1, 0.15) is 0 Å². The lowest BCUT2D eigenvalue weighted by Crippen LogP contribution is -2.28. The van der Waals surface area contributed by atoms with Crippen molar-refractivity contribution in [1.29, 1.82) is 0 Å². The molecule has 2 aromatic carbocycles. The lowest BCUT2D eigenvalue weighted by molar-refractivity contribution is -0.114. The molecule has 0 bridgehead atoms. The highest BCUT2D eigenvalue weighted by atomic mass is 16.2. The molecule has 4 aromatic rings. The van der Waals surface area contributed by atoms with Gasteiger partial charge in [-0.15, -0.1) is 0 Å². The lowest BCUT2D eigenvalue weighted by Gasteiger charge is -2.20. The Morgan fingerprint density at radius 2 is 2.03 bits per heavy atom. The molecule has 0 aliphatic heterocycles. The third-order valence-corrected chi connectivity index (χ3v) is 5.52. The Morgan fingerprint density at radius 3 is 2.79 bits per heavy atom. The van der Waals surface area contributed by atoms with Gasteiger partial charge in [0.25, 0.3) is 5.56 Å². The third kappa shape index (κ3) is 4.39. The number of carbonyl (C=O) groups is 1. The molecule has 0 aliphatic rings. The Morgan fingerprint density at radius 1 is 1.21 bits per heavy atom. The molecule has 1 N–H and O–H groups in total. The summed E-state index contributed by atoms with van der Waals surface area (Å²) in [5.74, 6) is 0.285. The molecular formula is C26H25N5O2. The van der Waals surface area contributed by atoms with Gasteiger partial charge >= 0.3 is 0 Å². The molecule has 0 fully saturated rings. The van der Waals surface area contributed by atoms with Crippen LogP contribution in [0, 0.1) is 6.92 Å². The molecule has 7 nitrogen and oxygen atoms in total. The first kappa shape index (κ1) is 22.0. The fourth-order valence-electron chi connectivity index (χ4n) is 3.78. The lowest BCUT2D eigenvalue weighted by atomic mass is 10.0. The van der Waals surface area contributed by atoms with Gasteiger partial charge in [-0.1, -0.05) is 18.7 Å². The van der Waals surface area contributed by atoms with Crippen LogP contribution in [-0.2, 0) is 11.8 Å². The van der Waals surface area contributed by atoms with E-state index in [0.29, 0.717) is 18.1 Å². The summed E-state index contributed by atoms with van der Waals surface area (Å²) in [4.78, 5) is 35.4. The minimum Gasteiger partial charge on any atom is -0.324 e. The van der Waals surface area contributed by atoms with E-state index in [2.05, 4.69) is 21.9 Å². The van der Waals surface area contributed by atoms with Gasteiger partial charge < -0.3 is 14.8 Å². The van der Waals surface area contributed by atoms with Gasteiger partial charge in [0.2, 0.25) is 11.9 Å². The number of hydrogen-bond donors (Lipinski definition) is 1. The van der Waals surface area contributed by atoms with Crippen LogP contribution < -0.4 is 15.8 Å². The van der Waals surface area contributed by atoms with Crippen LogP contribution in [0.5, 0.6) is 0 Å². The highest BCUT2D eigenvalue weighted by Crippen LogP contribution is 2.26. The van der Waals surface area contributed by atoms with Gasteiger partial charge in [0, 0.05) is 42.7 Å². The van der Waals surface area contributed by atoms with E-state index in [4.69, 9.17) is 0 Å². The van der Waals surface area contributed by atoms with E-state index in [1.807, 2.05) is 62.4 Å². The van der Waals surface area contributed by atoms with Crippen LogP contribution in [0.25, 0.3) is 22.0 Å². The van der Waals surface area contributed by atoms with Gasteiger partial charge in [-0.05, 0) is 67.4 Å². The summed E-state index contributed by atoms with van der Waals surface area (Å²) >= 11 is 0. The van der Waals surface area contributed by atoms with Crippen molar-refractivity contribution in [3.63, 3.8) is 0 Å². The second-order valence-corrected chi connectivity index (χ2v) is 7.72. The Hall–Kier alpha value is -4.26. The van der Waals surface area contributed by atoms with Crippen molar-refractivity contribution in [3.8, 4) is 11.1 Å². The molecule has 0 saturated heterocycles. The van der Waals surface area contributed by atoms with E-state index < -0.39 is 0 Å². The standard InChI is InChI=1S/C26H25N5O2/c1-5-23(32)31(6-2)21-9-7-8-20(15-21)28-26-27-16-19-14-18(10-11-22(19)29-26)24-17(3)12-13-30(4)25(24)33/h5,7-16H,1,6H2,2-4H3,(H,27,28,29). The van der Waals surface area contributed by atoms with E-state index >= 15 is 0 Å². The zero-order valence-corrected chi connectivity index (χ0v) is 18.9. The molecule has 33 heavy (non-hydrogen) atoms. The maximum absolute atomic E-state index is 12.6. The average molecular weight is 440 g/mol. The Bertz CT molecular complexity index is 1420. The molecule has 0 radical (unpaired) electrons. The maximum atomic E-state index is 12.6. The molecule has 0 unspecified atom stereocenters. The summed E-state index contributed by atoms with van der Waals surface area (Å²) in [5, 5.41) is 4.04. The fourth-order valence-corrected chi connectivity index (χ4v) is 3.78. The first-order valence-electron chi connectivity index (χ1n) is 10.7. The molecule has 4 rings (SSSR count). The summed E-state index contributed by atoms with van der Waals surface area (Å²) in [6.45, 7) is 7.95. The van der Waals surface area contributed by atoms with Crippen LogP contribution in [0.2, 0.25) is 0 Å². The van der Waals surface area contributed by atoms with E-state index in [1.165, 1.54) is 6.08 Å². The number of likely N-dealkylation sites (N-methyl/N-ethyl adjacent to an activating group) is 1. The Labute approximate surface area is 192 Å². The van der Waals surface area contributed by atoms with Gasteiger partial charge in [0.15, 0.2) is 0 Å². The first-order valence-corrected chi connectivity index (χ1v) is 10.7. The summed E-state index contributed by atoms with van der Waals surface area (Å²) in [6.07, 6.45) is 4.81. The van der Waals surface area contributed by atoms with E-state index in [-0.39, 0.29) is 11.5 Å². The Balaban J connectivity index is 1.64. The zero-order chi connectivity index (χ0) is 23.5.